The zero-order chi connectivity index (χ0) is 18.8. The molecule has 6 nitrogen and oxygen atoms in total. The third-order valence-electron chi connectivity index (χ3n) is 4.05. The highest BCUT2D eigenvalue weighted by molar-refractivity contribution is 6.21. The van der Waals surface area contributed by atoms with Crippen molar-refractivity contribution in [1.82, 2.24) is 9.97 Å². The Morgan fingerprint density at radius 3 is 2.56 bits per heavy atom. The number of ether oxygens (including phenoxy) is 2. The smallest absolute Gasteiger partial charge is 0.248 e. The maximum Gasteiger partial charge on any atom is 0.248 e. The van der Waals surface area contributed by atoms with Crippen LogP contribution < -0.4 is 9.47 Å². The van der Waals surface area contributed by atoms with Crippen molar-refractivity contribution >= 4 is 11.6 Å². The van der Waals surface area contributed by atoms with Crippen molar-refractivity contribution in [1.29, 1.82) is 0 Å². The van der Waals surface area contributed by atoms with Gasteiger partial charge < -0.3 is 9.47 Å². The molecule has 1 atom stereocenters. The van der Waals surface area contributed by atoms with E-state index in [0.717, 1.165) is 5.56 Å². The standard InChI is InChI=1S/C20H13FN2O4/c21-13-7-5-12(6-8-13)11-26-14-3-1-4-15-16(14)17(24)19(27-15)18(25)20-22-9-2-10-23-20/h1-10,19H,11H2. The molecule has 3 aromatic rings. The number of hydrogen-bond donors (Lipinski definition) is 0. The number of aromatic nitrogens is 2. The fourth-order valence-electron chi connectivity index (χ4n) is 2.74. The highest BCUT2D eigenvalue weighted by atomic mass is 19.1. The van der Waals surface area contributed by atoms with E-state index in [1.54, 1.807) is 36.4 Å². The van der Waals surface area contributed by atoms with Crippen LogP contribution in [-0.4, -0.2) is 27.6 Å². The third kappa shape index (κ3) is 3.27. The molecule has 1 unspecified atom stereocenters. The lowest BCUT2D eigenvalue weighted by molar-refractivity contribution is 0.0712. The number of rotatable bonds is 5. The molecule has 4 rings (SSSR count). The van der Waals surface area contributed by atoms with Gasteiger partial charge in [-0.05, 0) is 35.9 Å². The molecule has 0 bridgehead atoms. The lowest BCUT2D eigenvalue weighted by Crippen LogP contribution is -2.32. The molecule has 0 saturated heterocycles. The van der Waals surface area contributed by atoms with Crippen molar-refractivity contribution in [3.63, 3.8) is 0 Å². The van der Waals surface area contributed by atoms with Crippen LogP contribution in [0.1, 0.15) is 26.5 Å². The zero-order valence-corrected chi connectivity index (χ0v) is 14.0. The van der Waals surface area contributed by atoms with E-state index in [1.165, 1.54) is 24.5 Å². The van der Waals surface area contributed by atoms with Gasteiger partial charge in [0.15, 0.2) is 0 Å². The van der Waals surface area contributed by atoms with Gasteiger partial charge in [0, 0.05) is 12.4 Å². The zero-order valence-electron chi connectivity index (χ0n) is 14.0. The predicted molar refractivity (Wildman–Crippen MR) is 92.3 cm³/mol. The van der Waals surface area contributed by atoms with Crippen LogP contribution in [0.2, 0.25) is 0 Å². The largest absolute Gasteiger partial charge is 0.488 e. The SMILES string of the molecule is O=C(c1ncccn1)C1Oc2cccc(OCc3ccc(F)cc3)c2C1=O. The molecule has 0 radical (unpaired) electrons. The average Bonchev–Trinajstić information content (AvgIpc) is 3.05. The summed E-state index contributed by atoms with van der Waals surface area (Å²) in [6, 6.07) is 12.3. The number of ketones is 2. The molecule has 0 amide bonds. The van der Waals surface area contributed by atoms with E-state index >= 15 is 0 Å². The highest BCUT2D eigenvalue weighted by Gasteiger charge is 2.41. The van der Waals surface area contributed by atoms with Gasteiger partial charge in [0.05, 0.1) is 0 Å². The van der Waals surface area contributed by atoms with Crippen LogP contribution in [0, 0.1) is 5.82 Å². The van der Waals surface area contributed by atoms with Crippen molar-refractivity contribution in [2.75, 3.05) is 0 Å². The number of carbonyl (C=O) groups is 2. The van der Waals surface area contributed by atoms with Crippen molar-refractivity contribution in [3.05, 3.63) is 83.7 Å². The number of carbonyl (C=O) groups excluding carboxylic acids is 2. The Labute approximate surface area is 153 Å². The molecule has 2 heterocycles. The number of Topliss-reactive ketones (excluding diaryl/α,β-unsaturated/α-hetero) is 2. The molecule has 1 aliphatic heterocycles. The van der Waals surface area contributed by atoms with Crippen LogP contribution in [0.5, 0.6) is 11.5 Å². The minimum atomic E-state index is -1.34. The summed E-state index contributed by atoms with van der Waals surface area (Å²) in [6.07, 6.45) is 1.51. The van der Waals surface area contributed by atoms with E-state index in [1.807, 2.05) is 0 Å². The van der Waals surface area contributed by atoms with Crippen molar-refractivity contribution in [2.45, 2.75) is 12.7 Å². The Bertz CT molecular complexity index is 1010. The summed E-state index contributed by atoms with van der Waals surface area (Å²) in [5.41, 5.74) is 0.944. The molecule has 0 N–H and O–H groups in total. The van der Waals surface area contributed by atoms with Crippen LogP contribution >= 0.6 is 0 Å². The molecule has 7 heteroatoms. The topological polar surface area (TPSA) is 78.4 Å². The predicted octanol–water partition coefficient (Wildman–Crippen LogP) is 3.02. The van der Waals surface area contributed by atoms with Crippen LogP contribution in [0.3, 0.4) is 0 Å². The van der Waals surface area contributed by atoms with E-state index in [9.17, 15) is 14.0 Å². The van der Waals surface area contributed by atoms with E-state index < -0.39 is 17.7 Å². The number of fused-ring (bicyclic) bond motifs is 1. The molecule has 0 saturated carbocycles. The molecule has 27 heavy (non-hydrogen) atoms. The number of nitrogens with zero attached hydrogens (tertiary/aromatic N) is 2. The first-order valence-corrected chi connectivity index (χ1v) is 8.16. The van der Waals surface area contributed by atoms with Crippen LogP contribution in [0.15, 0.2) is 60.9 Å². The summed E-state index contributed by atoms with van der Waals surface area (Å²) in [7, 11) is 0. The molecule has 0 spiro atoms. The Morgan fingerprint density at radius 2 is 1.81 bits per heavy atom. The fourth-order valence-corrected chi connectivity index (χ4v) is 2.74. The van der Waals surface area contributed by atoms with E-state index in [-0.39, 0.29) is 29.6 Å². The summed E-state index contributed by atoms with van der Waals surface area (Å²) < 4.78 is 24.2. The Morgan fingerprint density at radius 1 is 1.07 bits per heavy atom. The highest BCUT2D eigenvalue weighted by Crippen LogP contribution is 2.37. The molecule has 1 aromatic heterocycles. The first kappa shape index (κ1) is 16.8. The Hall–Kier alpha value is -3.61. The monoisotopic (exact) mass is 364 g/mol. The van der Waals surface area contributed by atoms with Gasteiger partial charge >= 0.3 is 0 Å². The summed E-state index contributed by atoms with van der Waals surface area (Å²) in [4.78, 5) is 33.0. The molecular formula is C20H13FN2O4. The van der Waals surface area contributed by atoms with E-state index in [2.05, 4.69) is 9.97 Å². The average molecular weight is 364 g/mol. The second-order valence-corrected chi connectivity index (χ2v) is 5.84. The maximum absolute atomic E-state index is 13.0. The van der Waals surface area contributed by atoms with Crippen molar-refractivity contribution in [3.8, 4) is 11.5 Å². The Kier molecular flexibility index (Phi) is 4.33. The summed E-state index contributed by atoms with van der Waals surface area (Å²) in [6.45, 7) is 0.143. The van der Waals surface area contributed by atoms with Gasteiger partial charge in [-0.15, -0.1) is 0 Å². The maximum atomic E-state index is 13.0. The van der Waals surface area contributed by atoms with Crippen LogP contribution in [0.4, 0.5) is 4.39 Å². The van der Waals surface area contributed by atoms with Gasteiger partial charge in [-0.25, -0.2) is 14.4 Å². The lowest BCUT2D eigenvalue weighted by Gasteiger charge is -2.09. The number of hydrogen-bond acceptors (Lipinski definition) is 6. The van der Waals surface area contributed by atoms with E-state index in [4.69, 9.17) is 9.47 Å². The number of halogens is 1. The van der Waals surface area contributed by atoms with Crippen LogP contribution in [0.25, 0.3) is 0 Å². The third-order valence-corrected chi connectivity index (χ3v) is 4.05. The van der Waals surface area contributed by atoms with Crippen molar-refractivity contribution < 1.29 is 23.5 Å². The summed E-state index contributed by atoms with van der Waals surface area (Å²) >= 11 is 0. The van der Waals surface area contributed by atoms with E-state index in [0.29, 0.717) is 5.75 Å². The van der Waals surface area contributed by atoms with Crippen molar-refractivity contribution in [2.24, 2.45) is 0 Å². The molecular weight excluding hydrogens is 351 g/mol. The van der Waals surface area contributed by atoms with Crippen LogP contribution in [-0.2, 0) is 6.61 Å². The van der Waals surface area contributed by atoms with Gasteiger partial charge in [-0.3, -0.25) is 9.59 Å². The first-order chi connectivity index (χ1) is 13.1. The fraction of sp³-hybridized carbons (Fsp3) is 0.100. The molecule has 1 aliphatic rings. The minimum Gasteiger partial charge on any atom is -0.488 e. The van der Waals surface area contributed by atoms with Gasteiger partial charge in [-0.2, -0.15) is 0 Å². The molecule has 0 aliphatic carbocycles. The second kappa shape index (κ2) is 6.95. The minimum absolute atomic E-state index is 0.0857. The number of benzene rings is 2. The second-order valence-electron chi connectivity index (χ2n) is 5.84. The Balaban J connectivity index is 1.56. The van der Waals surface area contributed by atoms with Gasteiger partial charge in [0.25, 0.3) is 0 Å². The summed E-state index contributed by atoms with van der Waals surface area (Å²) in [5, 5.41) is 0. The van der Waals surface area contributed by atoms with Gasteiger partial charge in [0.2, 0.25) is 23.5 Å². The van der Waals surface area contributed by atoms with Gasteiger partial charge in [0.1, 0.15) is 29.5 Å². The quantitative estimate of drug-likeness (QED) is 0.512. The normalized spacial score (nSPS) is 15.1. The molecule has 2 aromatic carbocycles. The molecule has 0 fully saturated rings. The lowest BCUT2D eigenvalue weighted by atomic mass is 10.0. The molecule has 134 valence electrons. The summed E-state index contributed by atoms with van der Waals surface area (Å²) in [5.74, 6) is -0.972. The first-order valence-electron chi connectivity index (χ1n) is 8.16. The van der Waals surface area contributed by atoms with Gasteiger partial charge in [-0.1, -0.05) is 18.2 Å².